The van der Waals surface area contributed by atoms with Crippen LogP contribution in [0, 0.1) is 22.7 Å². The average molecular weight is 322 g/mol. The van der Waals surface area contributed by atoms with Gasteiger partial charge in [-0.15, -0.1) is 0 Å². The van der Waals surface area contributed by atoms with Crippen molar-refractivity contribution in [2.24, 2.45) is 0 Å². The lowest BCUT2D eigenvalue weighted by molar-refractivity contribution is 0.102. The highest BCUT2D eigenvalue weighted by atomic mass is 16.5. The highest BCUT2D eigenvalue weighted by Gasteiger charge is 2.22. The van der Waals surface area contributed by atoms with Gasteiger partial charge in [-0.1, -0.05) is 6.07 Å². The molecule has 1 saturated heterocycles. The Bertz CT molecular complexity index is 839. The lowest BCUT2D eigenvalue weighted by atomic mass is 10.1. The first-order valence-corrected chi connectivity index (χ1v) is 7.35. The van der Waals surface area contributed by atoms with Crippen molar-refractivity contribution in [2.45, 2.75) is 0 Å². The first-order valence-electron chi connectivity index (χ1n) is 7.35. The number of aromatic amines is 1. The van der Waals surface area contributed by atoms with Crippen molar-refractivity contribution in [3.8, 4) is 12.1 Å². The van der Waals surface area contributed by atoms with Gasteiger partial charge in [0.25, 0.3) is 5.91 Å². The lowest BCUT2D eigenvalue weighted by Crippen LogP contribution is -2.36. The van der Waals surface area contributed by atoms with E-state index >= 15 is 0 Å². The molecule has 1 aliphatic rings. The zero-order valence-corrected chi connectivity index (χ0v) is 12.7. The zero-order valence-electron chi connectivity index (χ0n) is 12.7. The highest BCUT2D eigenvalue weighted by molar-refractivity contribution is 6.04. The number of rotatable bonds is 3. The molecule has 2 aromatic rings. The van der Waals surface area contributed by atoms with E-state index in [1.165, 1.54) is 6.07 Å². The van der Waals surface area contributed by atoms with Gasteiger partial charge in [0.15, 0.2) is 5.82 Å². The molecule has 0 unspecified atom stereocenters. The number of amides is 1. The van der Waals surface area contributed by atoms with E-state index in [1.54, 1.807) is 18.2 Å². The maximum Gasteiger partial charge on any atom is 0.256 e. The second-order valence-corrected chi connectivity index (χ2v) is 5.16. The van der Waals surface area contributed by atoms with Gasteiger partial charge in [0.2, 0.25) is 0 Å². The number of carbonyl (C=O) groups is 1. The van der Waals surface area contributed by atoms with Crippen LogP contribution in [0.25, 0.3) is 0 Å². The fraction of sp³-hybridized carbons (Fsp3) is 0.250. The van der Waals surface area contributed by atoms with Crippen LogP contribution in [0.3, 0.4) is 0 Å². The summed E-state index contributed by atoms with van der Waals surface area (Å²) in [7, 11) is 0. The van der Waals surface area contributed by atoms with E-state index in [-0.39, 0.29) is 11.4 Å². The van der Waals surface area contributed by atoms with Crippen LogP contribution in [0.15, 0.2) is 24.3 Å². The standard InChI is InChI=1S/C16H14N6O2/c17-9-11-2-1-3-12(8-11)16(23)19-14-13(10-18)15(21-20-14)22-4-6-24-7-5-22/h1-3,8H,4-7H2,(H2,19,20,21,23). The number of carbonyl (C=O) groups excluding carboxylic acids is 1. The van der Waals surface area contributed by atoms with Gasteiger partial charge in [-0.25, -0.2) is 0 Å². The van der Waals surface area contributed by atoms with Crippen molar-refractivity contribution >= 4 is 17.5 Å². The van der Waals surface area contributed by atoms with E-state index in [0.29, 0.717) is 43.2 Å². The van der Waals surface area contributed by atoms with Gasteiger partial charge in [0.05, 0.1) is 24.8 Å². The molecule has 1 amide bonds. The molecule has 0 saturated carbocycles. The first kappa shape index (κ1) is 15.5. The van der Waals surface area contributed by atoms with E-state index < -0.39 is 5.91 Å². The fourth-order valence-electron chi connectivity index (χ4n) is 2.45. The van der Waals surface area contributed by atoms with Gasteiger partial charge in [-0.05, 0) is 18.2 Å². The molecule has 1 fully saturated rings. The molecule has 0 aliphatic carbocycles. The summed E-state index contributed by atoms with van der Waals surface area (Å²) in [6.07, 6.45) is 0. The van der Waals surface area contributed by atoms with Crippen molar-refractivity contribution in [3.63, 3.8) is 0 Å². The maximum absolute atomic E-state index is 12.3. The molecule has 2 heterocycles. The van der Waals surface area contributed by atoms with Crippen LogP contribution >= 0.6 is 0 Å². The quantitative estimate of drug-likeness (QED) is 0.878. The second kappa shape index (κ2) is 6.82. The van der Waals surface area contributed by atoms with Crippen LogP contribution < -0.4 is 10.2 Å². The summed E-state index contributed by atoms with van der Waals surface area (Å²) in [6.45, 7) is 2.41. The van der Waals surface area contributed by atoms with E-state index in [2.05, 4.69) is 21.6 Å². The molecule has 0 atom stereocenters. The number of nitriles is 2. The number of ether oxygens (including phenoxy) is 1. The third-order valence-electron chi connectivity index (χ3n) is 3.66. The minimum absolute atomic E-state index is 0.242. The number of nitrogens with one attached hydrogen (secondary N) is 2. The molecule has 2 N–H and O–H groups in total. The Kier molecular flexibility index (Phi) is 4.41. The summed E-state index contributed by atoms with van der Waals surface area (Å²) in [5.74, 6) is 0.328. The summed E-state index contributed by atoms with van der Waals surface area (Å²) in [4.78, 5) is 14.3. The number of hydrogen-bond donors (Lipinski definition) is 2. The van der Waals surface area contributed by atoms with Crippen LogP contribution in [0.5, 0.6) is 0 Å². The molecular formula is C16H14N6O2. The molecule has 8 nitrogen and oxygen atoms in total. The van der Waals surface area contributed by atoms with E-state index in [4.69, 9.17) is 10.00 Å². The second-order valence-electron chi connectivity index (χ2n) is 5.16. The topological polar surface area (TPSA) is 118 Å². The Morgan fingerprint density at radius 3 is 2.79 bits per heavy atom. The van der Waals surface area contributed by atoms with Gasteiger partial charge < -0.3 is 15.0 Å². The zero-order chi connectivity index (χ0) is 16.9. The normalized spacial score (nSPS) is 13.8. The number of H-pyrrole nitrogens is 1. The summed E-state index contributed by atoms with van der Waals surface area (Å²) >= 11 is 0. The highest BCUT2D eigenvalue weighted by Crippen LogP contribution is 2.25. The smallest absolute Gasteiger partial charge is 0.256 e. The van der Waals surface area contributed by atoms with E-state index in [9.17, 15) is 10.1 Å². The summed E-state index contributed by atoms with van der Waals surface area (Å²) in [5.41, 5.74) is 1.00. The molecular weight excluding hydrogens is 308 g/mol. The summed E-state index contributed by atoms with van der Waals surface area (Å²) in [6, 6.07) is 10.4. The van der Waals surface area contributed by atoms with Crippen LogP contribution in [0.4, 0.5) is 11.6 Å². The van der Waals surface area contributed by atoms with Crippen molar-refractivity contribution in [3.05, 3.63) is 41.0 Å². The molecule has 1 aromatic carbocycles. The molecule has 0 bridgehead atoms. The maximum atomic E-state index is 12.3. The van der Waals surface area contributed by atoms with Crippen molar-refractivity contribution < 1.29 is 9.53 Å². The minimum Gasteiger partial charge on any atom is -0.378 e. The molecule has 1 aliphatic heterocycles. The van der Waals surface area contributed by atoms with Crippen LogP contribution in [-0.4, -0.2) is 42.4 Å². The van der Waals surface area contributed by atoms with Gasteiger partial charge in [0.1, 0.15) is 17.5 Å². The Labute approximate surface area is 138 Å². The van der Waals surface area contributed by atoms with Gasteiger partial charge in [-0.2, -0.15) is 15.6 Å². The lowest BCUT2D eigenvalue weighted by Gasteiger charge is -2.26. The third kappa shape index (κ3) is 3.05. The molecule has 3 rings (SSSR count). The Balaban J connectivity index is 1.82. The number of anilines is 2. The Hall–Kier alpha value is -3.36. The fourth-order valence-corrected chi connectivity index (χ4v) is 2.45. The Morgan fingerprint density at radius 1 is 1.29 bits per heavy atom. The Morgan fingerprint density at radius 2 is 2.08 bits per heavy atom. The van der Waals surface area contributed by atoms with Crippen LogP contribution in [-0.2, 0) is 4.74 Å². The summed E-state index contributed by atoms with van der Waals surface area (Å²) in [5, 5.41) is 27.8. The number of benzene rings is 1. The molecule has 0 spiro atoms. The van der Waals surface area contributed by atoms with Gasteiger partial charge in [0, 0.05) is 18.7 Å². The van der Waals surface area contributed by atoms with Crippen molar-refractivity contribution in [1.82, 2.24) is 10.2 Å². The molecule has 1 aromatic heterocycles. The average Bonchev–Trinajstić information content (AvgIpc) is 3.05. The molecule has 24 heavy (non-hydrogen) atoms. The van der Waals surface area contributed by atoms with E-state index in [0.717, 1.165) is 0 Å². The molecule has 120 valence electrons. The largest absolute Gasteiger partial charge is 0.378 e. The van der Waals surface area contributed by atoms with Crippen LogP contribution in [0.2, 0.25) is 0 Å². The third-order valence-corrected chi connectivity index (χ3v) is 3.66. The number of morpholine rings is 1. The van der Waals surface area contributed by atoms with Crippen LogP contribution in [0.1, 0.15) is 21.5 Å². The van der Waals surface area contributed by atoms with Gasteiger partial charge >= 0.3 is 0 Å². The first-order chi connectivity index (χ1) is 11.7. The van der Waals surface area contributed by atoms with E-state index in [1.807, 2.05) is 11.0 Å². The van der Waals surface area contributed by atoms with Gasteiger partial charge in [-0.3, -0.25) is 9.89 Å². The minimum atomic E-state index is -0.416. The summed E-state index contributed by atoms with van der Waals surface area (Å²) < 4.78 is 5.29. The monoisotopic (exact) mass is 322 g/mol. The van der Waals surface area contributed by atoms with Crippen molar-refractivity contribution in [1.29, 1.82) is 10.5 Å². The predicted octanol–water partition coefficient (Wildman–Crippen LogP) is 1.24. The number of hydrogen-bond acceptors (Lipinski definition) is 6. The van der Waals surface area contributed by atoms with Crippen molar-refractivity contribution in [2.75, 3.05) is 36.5 Å². The number of nitrogens with zero attached hydrogens (tertiary/aromatic N) is 4. The molecule has 0 radical (unpaired) electrons. The number of aromatic nitrogens is 2. The predicted molar refractivity (Wildman–Crippen MR) is 85.4 cm³/mol. The molecule has 8 heteroatoms. The SMILES string of the molecule is N#Cc1cccc(C(=O)Nc2[nH]nc(N3CCOCC3)c2C#N)c1.